The van der Waals surface area contributed by atoms with Crippen molar-refractivity contribution in [3.05, 3.63) is 58.8 Å². The lowest BCUT2D eigenvalue weighted by molar-refractivity contribution is -0.127. The first-order valence-corrected chi connectivity index (χ1v) is 15.0. The van der Waals surface area contributed by atoms with Gasteiger partial charge in [0.25, 0.3) is 0 Å². The van der Waals surface area contributed by atoms with E-state index < -0.39 is 11.5 Å². The van der Waals surface area contributed by atoms with Gasteiger partial charge in [-0.25, -0.2) is 14.8 Å². The van der Waals surface area contributed by atoms with Crippen molar-refractivity contribution in [3.8, 4) is 16.2 Å². The Morgan fingerprint density at radius 2 is 1.93 bits per heavy atom. The smallest absolute Gasteiger partial charge is 0.348 e. The van der Waals surface area contributed by atoms with Crippen molar-refractivity contribution < 1.29 is 19.4 Å². The number of carboxylic acid groups (broad SMARTS) is 1. The van der Waals surface area contributed by atoms with E-state index in [4.69, 9.17) is 9.73 Å². The molecule has 4 heterocycles. The first-order valence-electron chi connectivity index (χ1n) is 14.2. The molecule has 1 aromatic heterocycles. The Morgan fingerprint density at radius 1 is 1.17 bits per heavy atom. The Bertz CT molecular complexity index is 1480. The summed E-state index contributed by atoms with van der Waals surface area (Å²) >= 11 is 1.20. The molecule has 1 unspecified atom stereocenters. The van der Waals surface area contributed by atoms with Crippen molar-refractivity contribution in [3.63, 3.8) is 0 Å². The zero-order chi connectivity index (χ0) is 29.1. The largest absolute Gasteiger partial charge is 0.477 e. The first-order chi connectivity index (χ1) is 19.5. The molecular weight excluding hydrogens is 538 g/mol. The SMILES string of the molecule is CC1CCC(C(=O)C(C)(C)Nc2cc(-c3ccc4c(c3)OCN3C5=CC=CN(N(C)C)C5=NC43)sc2C(=O)O)CC1. The number of fused-ring (bicyclic) bond motifs is 5. The lowest BCUT2D eigenvalue weighted by Crippen LogP contribution is -2.45. The molecule has 6 rings (SSSR count). The predicted octanol–water partition coefficient (Wildman–Crippen LogP) is 5.95. The van der Waals surface area contributed by atoms with Crippen LogP contribution in [-0.4, -0.2) is 64.0 Å². The van der Waals surface area contributed by atoms with Crippen LogP contribution in [0.25, 0.3) is 10.4 Å². The lowest BCUT2D eigenvalue weighted by atomic mass is 9.76. The number of carbonyl (C=O) groups excluding carboxylic acids is 1. The van der Waals surface area contributed by atoms with Crippen LogP contribution in [0.15, 0.2) is 53.3 Å². The summed E-state index contributed by atoms with van der Waals surface area (Å²) in [6.07, 6.45) is 9.75. The molecule has 0 bridgehead atoms. The molecule has 0 spiro atoms. The second kappa shape index (κ2) is 10.3. The molecular formula is C31H37N5O4S. The summed E-state index contributed by atoms with van der Waals surface area (Å²) in [6, 6.07) is 7.82. The van der Waals surface area contributed by atoms with Crippen molar-refractivity contribution in [2.24, 2.45) is 16.8 Å². The van der Waals surface area contributed by atoms with Gasteiger partial charge in [0.05, 0.1) is 16.9 Å². The zero-order valence-electron chi connectivity index (χ0n) is 24.2. The zero-order valence-corrected chi connectivity index (χ0v) is 25.0. The number of benzene rings is 1. The van der Waals surface area contributed by atoms with Crippen molar-refractivity contribution >= 4 is 34.6 Å². The van der Waals surface area contributed by atoms with Crippen LogP contribution >= 0.6 is 11.3 Å². The number of anilines is 1. The number of aliphatic imine (C=N–C) groups is 1. The number of carboxylic acids is 1. The van der Waals surface area contributed by atoms with E-state index in [0.717, 1.165) is 59.0 Å². The van der Waals surface area contributed by atoms with Gasteiger partial charge in [0.1, 0.15) is 10.6 Å². The highest BCUT2D eigenvalue weighted by Gasteiger charge is 2.40. The molecule has 41 heavy (non-hydrogen) atoms. The summed E-state index contributed by atoms with van der Waals surface area (Å²) in [5.74, 6) is 1.42. The number of aromatic carboxylic acids is 1. The lowest BCUT2D eigenvalue weighted by Gasteiger charge is -2.34. The normalized spacial score (nSPS) is 23.3. The van der Waals surface area contributed by atoms with E-state index in [1.165, 1.54) is 11.3 Å². The summed E-state index contributed by atoms with van der Waals surface area (Å²) in [7, 11) is 3.96. The third kappa shape index (κ3) is 4.93. The minimum atomic E-state index is -1.01. The summed E-state index contributed by atoms with van der Waals surface area (Å²) in [5, 5.41) is 17.3. The van der Waals surface area contributed by atoms with E-state index >= 15 is 0 Å². The molecule has 0 amide bonds. The van der Waals surface area contributed by atoms with Crippen molar-refractivity contribution in [2.75, 3.05) is 26.1 Å². The average Bonchev–Trinajstić information content (AvgIpc) is 3.54. The van der Waals surface area contributed by atoms with Gasteiger partial charge in [-0.1, -0.05) is 31.9 Å². The van der Waals surface area contributed by atoms with Gasteiger partial charge >= 0.3 is 5.97 Å². The maximum atomic E-state index is 13.4. The van der Waals surface area contributed by atoms with Crippen LogP contribution in [0.4, 0.5) is 5.69 Å². The van der Waals surface area contributed by atoms with Gasteiger partial charge in [-0.15, -0.1) is 11.3 Å². The predicted molar refractivity (Wildman–Crippen MR) is 161 cm³/mol. The quantitative estimate of drug-likeness (QED) is 0.418. The van der Waals surface area contributed by atoms with Gasteiger partial charge < -0.3 is 20.1 Å². The molecule has 1 saturated carbocycles. The van der Waals surface area contributed by atoms with E-state index in [9.17, 15) is 14.7 Å². The molecule has 0 radical (unpaired) electrons. The molecule has 4 aliphatic rings. The molecule has 1 aromatic carbocycles. The highest BCUT2D eigenvalue weighted by molar-refractivity contribution is 7.18. The number of hydrogen-bond donors (Lipinski definition) is 2. The van der Waals surface area contributed by atoms with E-state index in [0.29, 0.717) is 18.3 Å². The number of allylic oxidation sites excluding steroid dienone is 2. The van der Waals surface area contributed by atoms with Gasteiger partial charge in [0.15, 0.2) is 24.5 Å². The minimum Gasteiger partial charge on any atom is -0.477 e. The molecule has 2 N–H and O–H groups in total. The Kier molecular flexibility index (Phi) is 6.94. The topological polar surface area (TPSA) is 97.7 Å². The fraction of sp³-hybridized carbons (Fsp3) is 0.452. The first kappa shape index (κ1) is 27.5. The number of nitrogens with one attached hydrogen (secondary N) is 1. The molecule has 3 aliphatic heterocycles. The highest BCUT2D eigenvalue weighted by Crippen LogP contribution is 2.45. The second-order valence-corrected chi connectivity index (χ2v) is 13.2. The number of Topliss-reactive ketones (excluding diaryl/α,β-unsaturated/α-hetero) is 1. The fourth-order valence-corrected chi connectivity index (χ4v) is 7.17. The summed E-state index contributed by atoms with van der Waals surface area (Å²) < 4.78 is 6.20. The molecule has 216 valence electrons. The van der Waals surface area contributed by atoms with E-state index in [2.05, 4.69) is 23.2 Å². The van der Waals surface area contributed by atoms with E-state index in [1.54, 1.807) is 0 Å². The molecule has 2 aromatic rings. The Balaban J connectivity index is 1.26. The maximum Gasteiger partial charge on any atom is 0.348 e. The van der Waals surface area contributed by atoms with Crippen LogP contribution in [0.5, 0.6) is 5.75 Å². The number of amidine groups is 1. The molecule has 1 fully saturated rings. The number of hydrogen-bond acceptors (Lipinski definition) is 9. The van der Waals surface area contributed by atoms with Crippen molar-refractivity contribution in [2.45, 2.75) is 58.2 Å². The van der Waals surface area contributed by atoms with Gasteiger partial charge in [0, 0.05) is 36.7 Å². The van der Waals surface area contributed by atoms with Gasteiger partial charge in [0.2, 0.25) is 0 Å². The Morgan fingerprint density at radius 3 is 2.63 bits per heavy atom. The van der Waals surface area contributed by atoms with Crippen molar-refractivity contribution in [1.29, 1.82) is 0 Å². The van der Waals surface area contributed by atoms with Gasteiger partial charge in [-0.2, -0.15) is 0 Å². The highest BCUT2D eigenvalue weighted by atomic mass is 32.1. The number of nitrogens with zero attached hydrogens (tertiary/aromatic N) is 4. The van der Waals surface area contributed by atoms with Gasteiger partial charge in [-0.05, 0) is 62.5 Å². The third-order valence-electron chi connectivity index (χ3n) is 8.52. The van der Waals surface area contributed by atoms with Crippen LogP contribution in [0, 0.1) is 11.8 Å². The Hall–Kier alpha value is -3.63. The molecule has 10 heteroatoms. The van der Waals surface area contributed by atoms with Crippen molar-refractivity contribution in [1.82, 2.24) is 14.9 Å². The monoisotopic (exact) mass is 575 g/mol. The molecule has 1 atom stereocenters. The summed E-state index contributed by atoms with van der Waals surface area (Å²) in [5.41, 5.74) is 2.43. The van der Waals surface area contributed by atoms with Gasteiger partial charge in [-0.3, -0.25) is 9.80 Å². The summed E-state index contributed by atoms with van der Waals surface area (Å²) in [4.78, 5) is 33.8. The summed E-state index contributed by atoms with van der Waals surface area (Å²) in [6.45, 7) is 6.32. The van der Waals surface area contributed by atoms with Crippen LogP contribution in [0.2, 0.25) is 0 Å². The maximum absolute atomic E-state index is 13.4. The third-order valence-corrected chi connectivity index (χ3v) is 9.69. The fourth-order valence-electron chi connectivity index (χ4n) is 6.23. The average molecular weight is 576 g/mol. The number of ketones is 1. The Labute approximate surface area is 244 Å². The van der Waals surface area contributed by atoms with E-state index in [1.807, 2.05) is 74.5 Å². The number of thiophene rings is 1. The molecule has 9 nitrogen and oxygen atoms in total. The van der Waals surface area contributed by atoms with Crippen LogP contribution in [-0.2, 0) is 4.79 Å². The van der Waals surface area contributed by atoms with E-state index in [-0.39, 0.29) is 22.7 Å². The number of ether oxygens (including phenoxy) is 1. The van der Waals surface area contributed by atoms with Crippen LogP contribution < -0.4 is 10.1 Å². The van der Waals surface area contributed by atoms with Crippen LogP contribution in [0.1, 0.15) is 67.9 Å². The van der Waals surface area contributed by atoms with Crippen LogP contribution in [0.3, 0.4) is 0 Å². The standard InChI is InChI=1S/C31H37N5O4S/c1-18-8-10-19(11-9-18)27(37)31(2,3)33-22-16-25(41-26(22)30(38)39)20-12-13-21-24(15-20)40-17-35-23-7-6-14-36(34(4)5)29(23)32-28(21)35/h6-7,12-16,18-19,28,33H,8-11,17H2,1-5H3,(H,38,39). The molecule has 1 aliphatic carbocycles. The number of hydrazine groups is 1. The second-order valence-electron chi connectivity index (χ2n) is 12.1. The number of rotatable bonds is 7. The number of carbonyl (C=O) groups is 2. The minimum absolute atomic E-state index is 0.0109. The molecule has 0 saturated heterocycles.